The van der Waals surface area contributed by atoms with Gasteiger partial charge in [-0.05, 0) is 25.7 Å². The molecule has 0 aliphatic heterocycles. The fraction of sp³-hybridized carbons (Fsp3) is 0.972. The molecule has 0 aromatic carbocycles. The van der Waals surface area contributed by atoms with Crippen molar-refractivity contribution >= 4 is 11.9 Å². The maximum absolute atomic E-state index is 12.6. The molecule has 2 atom stereocenters. The number of amides is 1. The zero-order valence-electron chi connectivity index (χ0n) is 52.7. The fourth-order valence-electron chi connectivity index (χ4n) is 11.7. The Balaban J connectivity index is 3.35. The molecule has 0 aliphatic carbocycles. The van der Waals surface area contributed by atoms with Crippen LogP contribution in [0.2, 0.25) is 0 Å². The number of unbranched alkanes of at least 4 members (excludes halogenated alkanes) is 57. The van der Waals surface area contributed by atoms with E-state index in [0.29, 0.717) is 25.9 Å². The number of esters is 1. The summed E-state index contributed by atoms with van der Waals surface area (Å²) in [5, 5.41) is 23.4. The Morgan fingerprint density at radius 3 is 0.792 bits per heavy atom. The van der Waals surface area contributed by atoms with Crippen molar-refractivity contribution in [1.29, 1.82) is 0 Å². The summed E-state index contributed by atoms with van der Waals surface area (Å²) in [7, 11) is 0. The predicted octanol–water partition coefficient (Wildman–Crippen LogP) is 23.0. The normalized spacial score (nSPS) is 12.4. The molecular formula is C71H141NO5. The van der Waals surface area contributed by atoms with Gasteiger partial charge in [-0.1, -0.05) is 380 Å². The molecule has 1 amide bonds. The second kappa shape index (κ2) is 67.4. The first kappa shape index (κ1) is 75.9. The van der Waals surface area contributed by atoms with E-state index in [1.165, 1.54) is 347 Å². The summed E-state index contributed by atoms with van der Waals surface area (Å²) in [6.45, 7) is 5.00. The van der Waals surface area contributed by atoms with E-state index >= 15 is 0 Å². The number of carbonyl (C=O) groups is 2. The average molecular weight is 1090 g/mol. The molecule has 0 radical (unpaired) electrons. The number of ether oxygens (including phenoxy) is 1. The molecule has 0 spiro atoms. The largest absolute Gasteiger partial charge is 0.466 e. The van der Waals surface area contributed by atoms with Gasteiger partial charge in [0.2, 0.25) is 5.91 Å². The minimum Gasteiger partial charge on any atom is -0.466 e. The summed E-state index contributed by atoms with van der Waals surface area (Å²) in [5.74, 6) is -0.00765. The first-order chi connectivity index (χ1) is 38.0. The van der Waals surface area contributed by atoms with Crippen LogP contribution in [0.5, 0.6) is 0 Å². The Hall–Kier alpha value is -1.14. The van der Waals surface area contributed by atoms with Gasteiger partial charge >= 0.3 is 5.97 Å². The Kier molecular flexibility index (Phi) is 66.4. The molecule has 0 bridgehead atoms. The SMILES string of the molecule is CCCCCCCCCCCCCCCCCCCCCCCCC(O)C(CO)NC(=O)CCCCCCCCCCCCCCCCCCCCCCCCCCCCOC(=O)CCCCCCCCCCCCCC. The second-order valence-electron chi connectivity index (χ2n) is 24.9. The van der Waals surface area contributed by atoms with Crippen molar-refractivity contribution in [1.82, 2.24) is 5.32 Å². The van der Waals surface area contributed by atoms with Crippen LogP contribution in [0.3, 0.4) is 0 Å². The molecule has 6 heteroatoms. The first-order valence-electron chi connectivity index (χ1n) is 35.8. The molecular weight excluding hydrogens is 947 g/mol. The van der Waals surface area contributed by atoms with E-state index in [-0.39, 0.29) is 18.5 Å². The highest BCUT2D eigenvalue weighted by Gasteiger charge is 2.20. The van der Waals surface area contributed by atoms with Gasteiger partial charge < -0.3 is 20.3 Å². The monoisotopic (exact) mass is 1090 g/mol. The van der Waals surface area contributed by atoms with Gasteiger partial charge in [0.1, 0.15) is 0 Å². The Morgan fingerprint density at radius 1 is 0.312 bits per heavy atom. The smallest absolute Gasteiger partial charge is 0.305 e. The lowest BCUT2D eigenvalue weighted by Gasteiger charge is -2.22. The van der Waals surface area contributed by atoms with E-state index in [1.807, 2.05) is 0 Å². The maximum Gasteiger partial charge on any atom is 0.305 e. The number of hydrogen-bond acceptors (Lipinski definition) is 5. The van der Waals surface area contributed by atoms with E-state index in [2.05, 4.69) is 19.2 Å². The van der Waals surface area contributed by atoms with Crippen LogP contribution in [0.25, 0.3) is 0 Å². The van der Waals surface area contributed by atoms with Crippen molar-refractivity contribution in [2.75, 3.05) is 13.2 Å². The van der Waals surface area contributed by atoms with Gasteiger partial charge in [0.15, 0.2) is 0 Å². The summed E-state index contributed by atoms with van der Waals surface area (Å²) in [4.78, 5) is 24.6. The maximum atomic E-state index is 12.6. The molecule has 0 saturated carbocycles. The number of hydrogen-bond donors (Lipinski definition) is 3. The third-order valence-corrected chi connectivity index (χ3v) is 17.2. The van der Waals surface area contributed by atoms with Crippen LogP contribution in [-0.4, -0.2) is 47.4 Å². The zero-order valence-corrected chi connectivity index (χ0v) is 52.7. The third-order valence-electron chi connectivity index (χ3n) is 17.2. The van der Waals surface area contributed by atoms with E-state index in [9.17, 15) is 19.8 Å². The lowest BCUT2D eigenvalue weighted by molar-refractivity contribution is -0.143. The quantitative estimate of drug-likeness (QED) is 0.0417. The highest BCUT2D eigenvalue weighted by atomic mass is 16.5. The topological polar surface area (TPSA) is 95.9 Å². The van der Waals surface area contributed by atoms with Crippen LogP contribution < -0.4 is 5.32 Å². The molecule has 0 aromatic rings. The lowest BCUT2D eigenvalue weighted by atomic mass is 10.0. The molecule has 0 aliphatic rings. The molecule has 6 nitrogen and oxygen atoms in total. The molecule has 460 valence electrons. The van der Waals surface area contributed by atoms with E-state index in [1.54, 1.807) is 0 Å². The number of aliphatic hydroxyl groups is 2. The molecule has 0 aromatic heterocycles. The molecule has 2 unspecified atom stereocenters. The van der Waals surface area contributed by atoms with Gasteiger partial charge in [0, 0.05) is 12.8 Å². The Morgan fingerprint density at radius 2 is 0.532 bits per heavy atom. The van der Waals surface area contributed by atoms with Crippen molar-refractivity contribution in [3.63, 3.8) is 0 Å². The van der Waals surface area contributed by atoms with Crippen molar-refractivity contribution in [2.45, 2.75) is 431 Å². The molecule has 0 heterocycles. The summed E-state index contributed by atoms with van der Waals surface area (Å²) in [6.07, 6.45) is 81.5. The van der Waals surface area contributed by atoms with Crippen LogP contribution in [0, 0.1) is 0 Å². The van der Waals surface area contributed by atoms with Crippen LogP contribution in [-0.2, 0) is 14.3 Å². The van der Waals surface area contributed by atoms with Gasteiger partial charge in [-0.2, -0.15) is 0 Å². The Bertz CT molecular complexity index is 1120. The summed E-state index contributed by atoms with van der Waals surface area (Å²) >= 11 is 0. The van der Waals surface area contributed by atoms with Gasteiger partial charge in [-0.3, -0.25) is 9.59 Å². The van der Waals surface area contributed by atoms with Crippen LogP contribution in [0.4, 0.5) is 0 Å². The molecule has 77 heavy (non-hydrogen) atoms. The second-order valence-corrected chi connectivity index (χ2v) is 24.9. The number of carbonyl (C=O) groups excluding carboxylic acids is 2. The molecule has 0 fully saturated rings. The summed E-state index contributed by atoms with van der Waals surface area (Å²) < 4.78 is 5.48. The van der Waals surface area contributed by atoms with E-state index in [4.69, 9.17) is 4.74 Å². The van der Waals surface area contributed by atoms with Crippen LogP contribution >= 0.6 is 0 Å². The number of aliphatic hydroxyl groups excluding tert-OH is 2. The molecule has 3 N–H and O–H groups in total. The molecule has 0 saturated heterocycles. The van der Waals surface area contributed by atoms with Crippen molar-refractivity contribution in [2.24, 2.45) is 0 Å². The summed E-state index contributed by atoms with van der Waals surface area (Å²) in [6, 6.07) is -0.540. The van der Waals surface area contributed by atoms with E-state index < -0.39 is 12.1 Å². The standard InChI is InChI=1S/C71H141NO5/c1-3-5-7-9-11-13-15-17-18-19-20-21-28-31-34-37-40-43-47-51-55-59-63-69(74)68(67-73)72-70(75)64-60-56-52-48-44-41-38-35-32-29-26-24-22-23-25-27-30-33-36-39-42-46-50-54-58-62-66-77-71(76)65-61-57-53-49-45-16-14-12-10-8-6-4-2/h68-69,73-74H,3-67H2,1-2H3,(H,72,75). The highest BCUT2D eigenvalue weighted by Crippen LogP contribution is 2.20. The van der Waals surface area contributed by atoms with Gasteiger partial charge in [0.25, 0.3) is 0 Å². The zero-order chi connectivity index (χ0) is 55.7. The van der Waals surface area contributed by atoms with Gasteiger partial charge in [0.05, 0.1) is 25.4 Å². The average Bonchev–Trinajstić information content (AvgIpc) is 3.43. The minimum absolute atomic E-state index is 0.0194. The minimum atomic E-state index is -0.663. The Labute approximate surface area is 483 Å². The van der Waals surface area contributed by atoms with Crippen molar-refractivity contribution in [3.05, 3.63) is 0 Å². The van der Waals surface area contributed by atoms with Crippen LogP contribution in [0.15, 0.2) is 0 Å². The number of rotatable bonds is 68. The third kappa shape index (κ3) is 63.9. The number of nitrogens with one attached hydrogen (secondary N) is 1. The van der Waals surface area contributed by atoms with Gasteiger partial charge in [-0.25, -0.2) is 0 Å². The fourth-order valence-corrected chi connectivity index (χ4v) is 11.7. The summed E-state index contributed by atoms with van der Waals surface area (Å²) in [5.41, 5.74) is 0. The van der Waals surface area contributed by atoms with Crippen LogP contribution in [0.1, 0.15) is 418 Å². The predicted molar refractivity (Wildman–Crippen MR) is 338 cm³/mol. The highest BCUT2D eigenvalue weighted by molar-refractivity contribution is 5.76. The van der Waals surface area contributed by atoms with Gasteiger partial charge in [-0.15, -0.1) is 0 Å². The first-order valence-corrected chi connectivity index (χ1v) is 35.8. The lowest BCUT2D eigenvalue weighted by Crippen LogP contribution is -2.45. The molecule has 0 rings (SSSR count). The van der Waals surface area contributed by atoms with E-state index in [0.717, 1.165) is 38.5 Å². The van der Waals surface area contributed by atoms with Crippen molar-refractivity contribution < 1.29 is 24.5 Å². The van der Waals surface area contributed by atoms with Crippen molar-refractivity contribution in [3.8, 4) is 0 Å².